The van der Waals surface area contributed by atoms with Crippen LogP contribution >= 0.6 is 7.82 Å². The van der Waals surface area contributed by atoms with Gasteiger partial charge in [-0.05, 0) is 0 Å². The van der Waals surface area contributed by atoms with E-state index in [2.05, 4.69) is 4.52 Å². The number of aliphatic carboxylic acids is 1. The highest BCUT2D eigenvalue weighted by Crippen LogP contribution is 2.38. The van der Waals surface area contributed by atoms with Gasteiger partial charge in [-0.3, -0.25) is 14.1 Å². The molecule has 0 aromatic heterocycles. The monoisotopic (exact) mass is 421 g/mol. The number of carboxylic acid groups (broad SMARTS) is 1. The Kier molecular flexibility index (Phi) is 6.96. The Morgan fingerprint density at radius 1 is 1.21 bits per heavy atom. The number of hydrogen-bond acceptors (Lipinski definition) is 9. The van der Waals surface area contributed by atoms with E-state index in [-0.39, 0.29) is 12.0 Å². The molecule has 0 spiro atoms. The molecule has 4 unspecified atom stereocenters. The maximum Gasteiger partial charge on any atom is 0.469 e. The van der Waals surface area contributed by atoms with Gasteiger partial charge in [0.2, 0.25) is 0 Å². The summed E-state index contributed by atoms with van der Waals surface area (Å²) in [7, 11) is -4.85. The molecule has 3 N–H and O–H groups in total. The number of carboxylic acids is 1. The zero-order valence-electron chi connectivity index (χ0n) is 15.0. The van der Waals surface area contributed by atoms with Crippen LogP contribution in [0.2, 0.25) is 0 Å². The van der Waals surface area contributed by atoms with Crippen LogP contribution in [0.25, 0.3) is 0 Å². The molecule has 156 valence electrons. The number of phosphoric acid groups is 1. The maximum atomic E-state index is 11.5. The van der Waals surface area contributed by atoms with Gasteiger partial charge in [0, 0.05) is 32.7 Å². The molecule has 12 nitrogen and oxygen atoms in total. The lowest BCUT2D eigenvalue weighted by molar-refractivity contribution is -0.166. The molecule has 2 rings (SSSR count). The number of phosphoric ester groups is 1. The lowest BCUT2D eigenvalue weighted by Gasteiger charge is -2.30. The van der Waals surface area contributed by atoms with Crippen LogP contribution in [0.1, 0.15) is 20.3 Å². The van der Waals surface area contributed by atoms with E-state index in [0.29, 0.717) is 0 Å². The van der Waals surface area contributed by atoms with Crippen molar-refractivity contribution in [3.8, 4) is 0 Å². The summed E-state index contributed by atoms with van der Waals surface area (Å²) in [5.74, 6) is -2.63. The highest BCUT2D eigenvalue weighted by Gasteiger charge is 2.51. The zero-order valence-corrected chi connectivity index (χ0v) is 15.9. The van der Waals surface area contributed by atoms with E-state index < -0.39 is 56.9 Å². The quantitative estimate of drug-likeness (QED) is 0.368. The van der Waals surface area contributed by atoms with Gasteiger partial charge in [0.1, 0.15) is 6.10 Å². The van der Waals surface area contributed by atoms with Crippen LogP contribution in [0.3, 0.4) is 0 Å². The Labute approximate surface area is 159 Å². The van der Waals surface area contributed by atoms with Crippen LogP contribution in [0, 0.1) is 0 Å². The van der Waals surface area contributed by atoms with Crippen molar-refractivity contribution in [3.05, 3.63) is 24.0 Å². The van der Waals surface area contributed by atoms with Crippen molar-refractivity contribution in [1.82, 2.24) is 4.90 Å². The molecule has 2 aliphatic rings. The Balaban J connectivity index is 2.33. The van der Waals surface area contributed by atoms with Crippen LogP contribution in [-0.2, 0) is 37.7 Å². The SMILES string of the molecule is CC(=O)OC1C(COP(=O)(O)O)OC(N2C=CCC(C(=O)O)=C2)C1OC(C)=O. The minimum absolute atomic E-state index is 0.0339. The summed E-state index contributed by atoms with van der Waals surface area (Å²) in [5, 5.41) is 9.18. The van der Waals surface area contributed by atoms with Crippen molar-refractivity contribution >= 4 is 25.7 Å². The fourth-order valence-electron chi connectivity index (χ4n) is 2.78. The molecule has 0 aliphatic carbocycles. The summed E-state index contributed by atoms with van der Waals surface area (Å²) in [6.45, 7) is 1.55. The molecule has 0 aromatic carbocycles. The topological polar surface area (TPSA) is 169 Å². The number of ether oxygens (including phenoxy) is 3. The van der Waals surface area contributed by atoms with Gasteiger partial charge in [0.15, 0.2) is 18.4 Å². The summed E-state index contributed by atoms with van der Waals surface area (Å²) in [5.41, 5.74) is 0.0339. The van der Waals surface area contributed by atoms with Crippen molar-refractivity contribution < 1.29 is 52.6 Å². The summed E-state index contributed by atoms with van der Waals surface area (Å²) >= 11 is 0. The second-order valence-electron chi connectivity index (χ2n) is 6.00. The van der Waals surface area contributed by atoms with E-state index in [1.165, 1.54) is 23.4 Å². The molecule has 0 amide bonds. The number of esters is 2. The minimum atomic E-state index is -4.85. The van der Waals surface area contributed by atoms with Gasteiger partial charge in [-0.25, -0.2) is 9.36 Å². The number of rotatable bonds is 7. The fraction of sp³-hybridized carbons (Fsp3) is 0.533. The Morgan fingerprint density at radius 3 is 2.36 bits per heavy atom. The summed E-state index contributed by atoms with van der Waals surface area (Å²) in [6.07, 6.45) is -0.305. The van der Waals surface area contributed by atoms with Crippen LogP contribution in [0.5, 0.6) is 0 Å². The number of carbonyl (C=O) groups is 3. The van der Waals surface area contributed by atoms with Crippen molar-refractivity contribution in [1.29, 1.82) is 0 Å². The molecular weight excluding hydrogens is 401 g/mol. The normalized spacial score (nSPS) is 27.3. The van der Waals surface area contributed by atoms with Gasteiger partial charge in [-0.2, -0.15) is 0 Å². The van der Waals surface area contributed by atoms with Gasteiger partial charge >= 0.3 is 25.7 Å². The van der Waals surface area contributed by atoms with Crippen LogP contribution in [0.4, 0.5) is 0 Å². The largest absolute Gasteiger partial charge is 0.478 e. The maximum absolute atomic E-state index is 11.5. The van der Waals surface area contributed by atoms with E-state index in [0.717, 1.165) is 13.8 Å². The summed E-state index contributed by atoms with van der Waals surface area (Å²) < 4.78 is 31.4. The molecular formula is C15H20NO11P. The molecule has 28 heavy (non-hydrogen) atoms. The smallest absolute Gasteiger partial charge is 0.469 e. The van der Waals surface area contributed by atoms with Crippen molar-refractivity contribution in [3.63, 3.8) is 0 Å². The van der Waals surface area contributed by atoms with Gasteiger partial charge in [0.25, 0.3) is 0 Å². The Hall–Kier alpha value is -2.24. The van der Waals surface area contributed by atoms with Gasteiger partial charge in [-0.15, -0.1) is 0 Å². The van der Waals surface area contributed by atoms with Crippen molar-refractivity contribution in [2.75, 3.05) is 6.61 Å². The average molecular weight is 421 g/mol. The van der Waals surface area contributed by atoms with E-state index in [1.807, 2.05) is 0 Å². The molecule has 2 aliphatic heterocycles. The molecule has 1 fully saturated rings. The first-order valence-electron chi connectivity index (χ1n) is 8.06. The minimum Gasteiger partial charge on any atom is -0.478 e. The Bertz CT molecular complexity index is 742. The average Bonchev–Trinajstić information content (AvgIpc) is 2.89. The third-order valence-corrected chi connectivity index (χ3v) is 4.27. The first kappa shape index (κ1) is 22.1. The van der Waals surface area contributed by atoms with Gasteiger partial charge < -0.3 is 34.0 Å². The lowest BCUT2D eigenvalue weighted by atomic mass is 10.1. The molecule has 0 radical (unpaired) electrons. The summed E-state index contributed by atoms with van der Waals surface area (Å²) in [6, 6.07) is 0. The molecule has 4 atom stereocenters. The molecule has 0 bridgehead atoms. The molecule has 1 saturated heterocycles. The second kappa shape index (κ2) is 8.84. The molecule has 0 aromatic rings. The van der Waals surface area contributed by atoms with E-state index in [1.54, 1.807) is 0 Å². The number of hydrogen-bond donors (Lipinski definition) is 3. The van der Waals surface area contributed by atoms with Crippen LogP contribution in [-0.4, -0.2) is 68.8 Å². The van der Waals surface area contributed by atoms with E-state index in [9.17, 15) is 24.1 Å². The first-order chi connectivity index (χ1) is 13.0. The third-order valence-electron chi connectivity index (χ3n) is 3.79. The zero-order chi connectivity index (χ0) is 21.1. The van der Waals surface area contributed by atoms with Crippen molar-refractivity contribution in [2.45, 2.75) is 44.8 Å². The van der Waals surface area contributed by atoms with Gasteiger partial charge in [-0.1, -0.05) is 6.08 Å². The van der Waals surface area contributed by atoms with Crippen molar-refractivity contribution in [2.24, 2.45) is 0 Å². The van der Waals surface area contributed by atoms with Gasteiger partial charge in [0.05, 0.1) is 12.2 Å². The number of allylic oxidation sites excluding steroid dienone is 1. The molecule has 2 heterocycles. The third kappa shape index (κ3) is 5.88. The highest BCUT2D eigenvalue weighted by molar-refractivity contribution is 7.46. The Morgan fingerprint density at radius 2 is 1.82 bits per heavy atom. The molecule has 13 heteroatoms. The van der Waals surface area contributed by atoms with E-state index in [4.69, 9.17) is 24.0 Å². The highest BCUT2D eigenvalue weighted by atomic mass is 31.2. The number of nitrogens with zero attached hydrogens (tertiary/aromatic N) is 1. The fourth-order valence-corrected chi connectivity index (χ4v) is 3.12. The summed E-state index contributed by atoms with van der Waals surface area (Å²) in [4.78, 5) is 53.4. The first-order valence-corrected chi connectivity index (χ1v) is 9.59. The molecule has 0 saturated carbocycles. The van der Waals surface area contributed by atoms with E-state index >= 15 is 0 Å². The number of carbonyl (C=O) groups excluding carboxylic acids is 2. The second-order valence-corrected chi connectivity index (χ2v) is 7.23. The predicted octanol–water partition coefficient (Wildman–Crippen LogP) is -0.128. The lowest BCUT2D eigenvalue weighted by Crippen LogP contribution is -2.44. The predicted molar refractivity (Wildman–Crippen MR) is 89.1 cm³/mol. The van der Waals surface area contributed by atoms with Crippen LogP contribution in [0.15, 0.2) is 24.0 Å². The van der Waals surface area contributed by atoms with Crippen LogP contribution < -0.4 is 0 Å². The standard InChI is InChI=1S/C15H20NO11P/c1-8(17)25-12-11(7-24-28(21,22)23)27-14(13(12)26-9(2)18)16-5-3-4-10(6-16)15(19)20/h3,5-6,11-14H,4,7H2,1-2H3,(H,19,20)(H2,21,22,23).